The van der Waals surface area contributed by atoms with E-state index >= 15 is 0 Å². The van der Waals surface area contributed by atoms with Gasteiger partial charge in [-0.25, -0.2) is 0 Å². The van der Waals surface area contributed by atoms with Crippen molar-refractivity contribution >= 4 is 11.9 Å². The molecular weight excluding hydrogens is 683 g/mol. The maximum absolute atomic E-state index is 13.1. The van der Waals surface area contributed by atoms with Gasteiger partial charge in [-0.05, 0) is 83.5 Å². The van der Waals surface area contributed by atoms with Gasteiger partial charge in [-0.1, -0.05) is 178 Å². The molecule has 318 valence electrons. The summed E-state index contributed by atoms with van der Waals surface area (Å²) in [6, 6.07) is -0.715. The summed E-state index contributed by atoms with van der Waals surface area (Å²) in [6.45, 7) is 6.29. The maximum Gasteiger partial charge on any atom is 0.306 e. The SMILES string of the molecule is CC/C=C/C/C=C/C/C=C/CCCCC(CC(=O)NC(CO)C(O)CCCCCCCCCCC)OC(=O)CCCCCCCC/C=C/C=C/CCCCC. The number of hydrogen-bond donors (Lipinski definition) is 3. The second-order valence-electron chi connectivity index (χ2n) is 15.4. The number of ether oxygens (including phenoxy) is 1. The Morgan fingerprint density at radius 2 is 1.04 bits per heavy atom. The number of carbonyl (C=O) groups excluding carboxylic acids is 2. The molecular formula is C49H87NO5. The van der Waals surface area contributed by atoms with E-state index in [0.29, 0.717) is 19.3 Å². The first-order valence-electron chi connectivity index (χ1n) is 23.0. The summed E-state index contributed by atoms with van der Waals surface area (Å²) < 4.78 is 5.88. The average Bonchev–Trinajstić information content (AvgIpc) is 3.18. The molecule has 0 fully saturated rings. The van der Waals surface area contributed by atoms with Crippen LogP contribution in [0.15, 0.2) is 60.8 Å². The third-order valence-corrected chi connectivity index (χ3v) is 10.1. The van der Waals surface area contributed by atoms with Crippen LogP contribution in [0.4, 0.5) is 0 Å². The van der Waals surface area contributed by atoms with Crippen LogP contribution >= 0.6 is 0 Å². The van der Waals surface area contributed by atoms with E-state index < -0.39 is 18.2 Å². The largest absolute Gasteiger partial charge is 0.462 e. The molecule has 1 amide bonds. The first-order valence-corrected chi connectivity index (χ1v) is 23.0. The molecule has 3 unspecified atom stereocenters. The molecule has 0 radical (unpaired) electrons. The van der Waals surface area contributed by atoms with Crippen molar-refractivity contribution < 1.29 is 24.5 Å². The fourth-order valence-corrected chi connectivity index (χ4v) is 6.61. The molecule has 0 aliphatic heterocycles. The number of rotatable bonds is 40. The zero-order valence-electron chi connectivity index (χ0n) is 36.0. The van der Waals surface area contributed by atoms with E-state index in [0.717, 1.165) is 83.5 Å². The van der Waals surface area contributed by atoms with Gasteiger partial charge >= 0.3 is 5.97 Å². The molecule has 55 heavy (non-hydrogen) atoms. The molecule has 0 heterocycles. The molecule has 3 N–H and O–H groups in total. The Hall–Kier alpha value is -2.44. The Kier molecular flexibility index (Phi) is 40.8. The van der Waals surface area contributed by atoms with E-state index in [2.05, 4.69) is 86.8 Å². The molecule has 0 aromatic heterocycles. The van der Waals surface area contributed by atoms with E-state index in [4.69, 9.17) is 4.74 Å². The molecule has 6 nitrogen and oxygen atoms in total. The molecule has 0 saturated carbocycles. The van der Waals surface area contributed by atoms with Crippen LogP contribution in [0.1, 0.15) is 213 Å². The second-order valence-corrected chi connectivity index (χ2v) is 15.4. The first-order chi connectivity index (χ1) is 27.0. The molecule has 3 atom stereocenters. The number of aliphatic hydroxyl groups is 2. The molecule has 0 spiro atoms. The van der Waals surface area contributed by atoms with Crippen molar-refractivity contribution in [3.05, 3.63) is 60.8 Å². The fraction of sp³-hybridized carbons (Fsp3) is 0.755. The third-order valence-electron chi connectivity index (χ3n) is 10.1. The Balaban J connectivity index is 4.66. The second kappa shape index (κ2) is 42.7. The lowest BCUT2D eigenvalue weighted by Crippen LogP contribution is -2.46. The highest BCUT2D eigenvalue weighted by atomic mass is 16.5. The highest BCUT2D eigenvalue weighted by Gasteiger charge is 2.24. The Bertz CT molecular complexity index is 999. The van der Waals surface area contributed by atoms with Gasteiger partial charge in [0.2, 0.25) is 5.91 Å². The standard InChI is InChI=1S/C49H87NO5/c1-4-7-10-13-16-19-21-23-24-25-27-30-33-36-39-42-49(54)55-45(40-37-34-31-29-26-22-20-17-14-11-8-5-2)43-48(53)50-46(44-51)47(52)41-38-35-32-28-18-15-12-9-6-3/h8,11,16-17,19-21,23,26,29,45-47,51-52H,4-7,9-10,12-15,18,22,24-25,27-28,30-44H2,1-3H3,(H,50,53)/b11-8+,19-16+,20-17+,23-21+,29-26+. The molecule has 0 saturated heterocycles. The highest BCUT2D eigenvalue weighted by molar-refractivity contribution is 5.77. The first kappa shape index (κ1) is 52.6. The van der Waals surface area contributed by atoms with Crippen LogP contribution in [0.25, 0.3) is 0 Å². The van der Waals surface area contributed by atoms with E-state index in [1.165, 1.54) is 83.5 Å². The number of esters is 1. The minimum Gasteiger partial charge on any atom is -0.462 e. The van der Waals surface area contributed by atoms with Crippen molar-refractivity contribution in [2.45, 2.75) is 232 Å². The average molecular weight is 770 g/mol. The molecule has 0 aliphatic carbocycles. The Labute approximate surface area is 339 Å². The lowest BCUT2D eigenvalue weighted by Gasteiger charge is -2.24. The van der Waals surface area contributed by atoms with E-state index in [1.807, 2.05) is 0 Å². The summed E-state index contributed by atoms with van der Waals surface area (Å²) in [7, 11) is 0. The van der Waals surface area contributed by atoms with Crippen LogP contribution in [-0.2, 0) is 14.3 Å². The minimum absolute atomic E-state index is 0.0448. The van der Waals surface area contributed by atoms with Gasteiger partial charge < -0.3 is 20.3 Å². The molecule has 0 aromatic carbocycles. The zero-order chi connectivity index (χ0) is 40.3. The number of unbranched alkanes of at least 4 members (excludes halogenated alkanes) is 19. The zero-order valence-corrected chi connectivity index (χ0v) is 36.0. The predicted octanol–water partition coefficient (Wildman–Crippen LogP) is 13.3. The Morgan fingerprint density at radius 1 is 0.564 bits per heavy atom. The summed E-state index contributed by atoms with van der Waals surface area (Å²) in [4.78, 5) is 26.0. The van der Waals surface area contributed by atoms with Crippen LogP contribution < -0.4 is 5.32 Å². The van der Waals surface area contributed by atoms with Crippen LogP contribution in [-0.4, -0.2) is 46.9 Å². The number of amides is 1. The van der Waals surface area contributed by atoms with Crippen molar-refractivity contribution in [3.8, 4) is 0 Å². The molecule has 0 bridgehead atoms. The lowest BCUT2D eigenvalue weighted by atomic mass is 10.0. The molecule has 6 heteroatoms. The van der Waals surface area contributed by atoms with Crippen molar-refractivity contribution in [1.82, 2.24) is 5.32 Å². The van der Waals surface area contributed by atoms with Gasteiger partial charge in [-0.2, -0.15) is 0 Å². The highest BCUT2D eigenvalue weighted by Crippen LogP contribution is 2.16. The smallest absolute Gasteiger partial charge is 0.306 e. The number of nitrogens with one attached hydrogen (secondary N) is 1. The van der Waals surface area contributed by atoms with Crippen molar-refractivity contribution in [2.24, 2.45) is 0 Å². The van der Waals surface area contributed by atoms with Crippen LogP contribution in [0, 0.1) is 0 Å². The molecule has 0 aromatic rings. The van der Waals surface area contributed by atoms with E-state index in [-0.39, 0.29) is 24.9 Å². The summed E-state index contributed by atoms with van der Waals surface area (Å²) in [5.41, 5.74) is 0. The topological polar surface area (TPSA) is 95.9 Å². The van der Waals surface area contributed by atoms with Gasteiger partial charge in [0, 0.05) is 6.42 Å². The molecule has 0 rings (SSSR count). The molecule has 0 aliphatic rings. The number of aliphatic hydroxyl groups excluding tert-OH is 2. The van der Waals surface area contributed by atoms with Gasteiger partial charge in [0.15, 0.2) is 0 Å². The number of allylic oxidation sites excluding steroid dienone is 10. The normalized spacial score (nSPS) is 13.9. The van der Waals surface area contributed by atoms with Crippen molar-refractivity contribution in [1.29, 1.82) is 0 Å². The summed E-state index contributed by atoms with van der Waals surface area (Å²) >= 11 is 0. The van der Waals surface area contributed by atoms with Gasteiger partial charge in [-0.3, -0.25) is 9.59 Å². The summed E-state index contributed by atoms with van der Waals surface area (Å²) in [6.07, 6.45) is 51.4. The quantitative estimate of drug-likeness (QED) is 0.0250. The van der Waals surface area contributed by atoms with Crippen LogP contribution in [0.3, 0.4) is 0 Å². The monoisotopic (exact) mass is 770 g/mol. The minimum atomic E-state index is -0.798. The van der Waals surface area contributed by atoms with Crippen LogP contribution in [0.5, 0.6) is 0 Å². The van der Waals surface area contributed by atoms with Gasteiger partial charge in [0.05, 0.1) is 25.2 Å². The summed E-state index contributed by atoms with van der Waals surface area (Å²) in [5, 5.41) is 23.6. The van der Waals surface area contributed by atoms with E-state index in [1.54, 1.807) is 0 Å². The van der Waals surface area contributed by atoms with Crippen molar-refractivity contribution in [2.75, 3.05) is 6.61 Å². The van der Waals surface area contributed by atoms with Gasteiger partial charge in [0.25, 0.3) is 0 Å². The number of hydrogen-bond acceptors (Lipinski definition) is 5. The van der Waals surface area contributed by atoms with Gasteiger partial charge in [-0.15, -0.1) is 0 Å². The number of carbonyl (C=O) groups is 2. The lowest BCUT2D eigenvalue weighted by molar-refractivity contribution is -0.151. The predicted molar refractivity (Wildman–Crippen MR) is 236 cm³/mol. The third kappa shape index (κ3) is 38.2. The maximum atomic E-state index is 13.1. The van der Waals surface area contributed by atoms with Gasteiger partial charge in [0.1, 0.15) is 6.10 Å². The van der Waals surface area contributed by atoms with E-state index in [9.17, 15) is 19.8 Å². The summed E-state index contributed by atoms with van der Waals surface area (Å²) in [5.74, 6) is -0.531. The van der Waals surface area contributed by atoms with Crippen molar-refractivity contribution in [3.63, 3.8) is 0 Å². The fourth-order valence-electron chi connectivity index (χ4n) is 6.61. The van der Waals surface area contributed by atoms with Crippen LogP contribution in [0.2, 0.25) is 0 Å². The Morgan fingerprint density at radius 3 is 1.65 bits per heavy atom.